The number of aliphatic hydroxyl groups is 1. The van der Waals surface area contributed by atoms with Gasteiger partial charge in [-0.1, -0.05) is 42.3 Å². The summed E-state index contributed by atoms with van der Waals surface area (Å²) in [6.45, 7) is 0. The Labute approximate surface area is 202 Å². The molecule has 0 spiro atoms. The molecule has 33 heavy (non-hydrogen) atoms. The number of thioether (sulfide) groups is 1. The molecule has 2 aliphatic rings. The lowest BCUT2D eigenvalue weighted by Crippen LogP contribution is -2.45. The summed E-state index contributed by atoms with van der Waals surface area (Å²) in [5, 5.41) is 21.2. The third kappa shape index (κ3) is 4.97. The van der Waals surface area contributed by atoms with E-state index in [1.807, 2.05) is 18.2 Å². The Morgan fingerprint density at radius 2 is 2.15 bits per heavy atom. The second-order valence-electron chi connectivity index (χ2n) is 8.43. The lowest BCUT2D eigenvalue weighted by molar-refractivity contribution is -0.166. The Morgan fingerprint density at radius 1 is 1.36 bits per heavy atom. The highest BCUT2D eigenvalue weighted by Gasteiger charge is 2.48. The monoisotopic (exact) mass is 484 g/mol. The van der Waals surface area contributed by atoms with Gasteiger partial charge < -0.3 is 14.6 Å². The molecule has 0 radical (unpaired) electrons. The highest BCUT2D eigenvalue weighted by molar-refractivity contribution is 8.04. The van der Waals surface area contributed by atoms with Crippen molar-refractivity contribution in [2.24, 2.45) is 5.92 Å². The van der Waals surface area contributed by atoms with E-state index in [1.165, 1.54) is 0 Å². The van der Waals surface area contributed by atoms with Crippen molar-refractivity contribution in [1.82, 2.24) is 4.98 Å². The predicted octanol–water partition coefficient (Wildman–Crippen LogP) is 5.99. The minimum Gasteiger partial charge on any atom is -0.511 e. The number of benzene rings is 1. The van der Waals surface area contributed by atoms with Crippen molar-refractivity contribution in [3.63, 3.8) is 0 Å². The number of cyclic esters (lactones) is 1. The Morgan fingerprint density at radius 3 is 2.82 bits per heavy atom. The number of ether oxygens (including phenoxy) is 2. The molecule has 1 N–H and O–H groups in total. The summed E-state index contributed by atoms with van der Waals surface area (Å²) in [6, 6.07) is 11.0. The second-order valence-corrected chi connectivity index (χ2v) is 9.83. The lowest BCUT2D eigenvalue weighted by Gasteiger charge is -2.41. The molecule has 8 heteroatoms. The van der Waals surface area contributed by atoms with E-state index >= 15 is 0 Å². The molecule has 2 aromatic rings. The molecule has 1 aromatic carbocycles. The minimum absolute atomic E-state index is 0.00505. The Bertz CT molecular complexity index is 1120. The molecule has 1 aliphatic carbocycles. The summed E-state index contributed by atoms with van der Waals surface area (Å²) in [7, 11) is 1.58. The lowest BCUT2D eigenvalue weighted by atomic mass is 9.77. The molecule has 0 amide bonds. The fraction of sp³-hybridized carbons (Fsp3) is 0.400. The van der Waals surface area contributed by atoms with E-state index in [9.17, 15) is 15.2 Å². The molecule has 1 saturated carbocycles. The molecule has 0 bridgehead atoms. The maximum Gasteiger partial charge on any atom is 0.349 e. The highest BCUT2D eigenvalue weighted by atomic mass is 35.5. The second kappa shape index (κ2) is 10.1. The van der Waals surface area contributed by atoms with Crippen LogP contribution in [0, 0.1) is 17.2 Å². The zero-order chi connectivity index (χ0) is 23.4. The van der Waals surface area contributed by atoms with Crippen LogP contribution in [0.25, 0.3) is 0 Å². The van der Waals surface area contributed by atoms with Gasteiger partial charge in [-0.15, -0.1) is 0 Å². The first-order chi connectivity index (χ1) is 16.0. The molecule has 6 nitrogen and oxygen atoms in total. The maximum absolute atomic E-state index is 13.1. The molecule has 1 aromatic heterocycles. The van der Waals surface area contributed by atoms with Crippen molar-refractivity contribution < 1.29 is 19.4 Å². The quantitative estimate of drug-likeness (QED) is 0.482. The van der Waals surface area contributed by atoms with E-state index in [4.69, 9.17) is 21.1 Å². The third-order valence-electron chi connectivity index (χ3n) is 6.45. The van der Waals surface area contributed by atoms with E-state index < -0.39 is 11.6 Å². The van der Waals surface area contributed by atoms with Crippen LogP contribution in [-0.4, -0.2) is 28.8 Å². The smallest absolute Gasteiger partial charge is 0.349 e. The van der Waals surface area contributed by atoms with Crippen LogP contribution in [0.4, 0.5) is 0 Å². The number of esters is 1. The number of halogens is 1. The zero-order valence-electron chi connectivity index (χ0n) is 18.3. The maximum atomic E-state index is 13.1. The van der Waals surface area contributed by atoms with Gasteiger partial charge in [0, 0.05) is 12.6 Å². The number of carbonyl (C=O) groups is 1. The van der Waals surface area contributed by atoms with Gasteiger partial charge in [0.25, 0.3) is 0 Å². The van der Waals surface area contributed by atoms with E-state index in [2.05, 4.69) is 11.1 Å². The standard InChI is InChI=1S/C25H25ClN2O4S/c1-31-21-9-8-16(13-19(21)26)10-11-25(18-6-2-3-7-18)14-20(29)22(24(30)32-25)33-23-17(15-27)5-4-12-28-23/h4-5,8-9,12-13,18,29H,2-3,6-7,10-11,14H2,1H3. The number of nitriles is 1. The molecule has 1 aliphatic heterocycles. The van der Waals surface area contributed by atoms with Crippen LogP contribution in [0.2, 0.25) is 5.02 Å². The molecular weight excluding hydrogens is 460 g/mol. The number of rotatable bonds is 7. The average Bonchev–Trinajstić information content (AvgIpc) is 3.36. The largest absolute Gasteiger partial charge is 0.511 e. The van der Waals surface area contributed by atoms with Crippen molar-refractivity contribution in [3.05, 3.63) is 63.3 Å². The van der Waals surface area contributed by atoms with Crippen LogP contribution >= 0.6 is 23.4 Å². The first kappa shape index (κ1) is 23.5. The van der Waals surface area contributed by atoms with Gasteiger partial charge in [-0.25, -0.2) is 9.78 Å². The number of hydrogen-bond acceptors (Lipinski definition) is 7. The van der Waals surface area contributed by atoms with E-state index in [1.54, 1.807) is 25.4 Å². The van der Waals surface area contributed by atoms with Gasteiger partial charge in [-0.2, -0.15) is 5.26 Å². The minimum atomic E-state index is -0.768. The van der Waals surface area contributed by atoms with E-state index in [0.29, 0.717) is 34.2 Å². The first-order valence-corrected chi connectivity index (χ1v) is 12.2. The summed E-state index contributed by atoms with van der Waals surface area (Å²) in [6.07, 6.45) is 7.15. The van der Waals surface area contributed by atoms with Crippen LogP contribution in [0.1, 0.15) is 49.7 Å². The predicted molar refractivity (Wildman–Crippen MR) is 126 cm³/mol. The molecule has 1 fully saturated rings. The van der Waals surface area contributed by atoms with Crippen molar-refractivity contribution in [3.8, 4) is 11.8 Å². The number of methoxy groups -OCH3 is 1. The van der Waals surface area contributed by atoms with Crippen LogP contribution in [0.3, 0.4) is 0 Å². The normalized spacial score (nSPS) is 21.1. The third-order valence-corrected chi connectivity index (χ3v) is 7.87. The zero-order valence-corrected chi connectivity index (χ0v) is 19.9. The molecule has 4 rings (SSSR count). The number of aliphatic hydroxyl groups excluding tert-OH is 1. The number of nitrogens with zero attached hydrogens (tertiary/aromatic N) is 2. The molecule has 1 atom stereocenters. The summed E-state index contributed by atoms with van der Waals surface area (Å²) >= 11 is 7.28. The van der Waals surface area contributed by atoms with Crippen LogP contribution in [0.15, 0.2) is 52.2 Å². The van der Waals surface area contributed by atoms with Gasteiger partial charge in [0.05, 0.1) is 17.7 Å². The van der Waals surface area contributed by atoms with Gasteiger partial charge in [-0.3, -0.25) is 0 Å². The summed E-state index contributed by atoms with van der Waals surface area (Å²) in [5.41, 5.74) is 0.598. The fourth-order valence-corrected chi connectivity index (χ4v) is 5.87. The van der Waals surface area contributed by atoms with E-state index in [-0.39, 0.29) is 23.0 Å². The van der Waals surface area contributed by atoms with Gasteiger partial charge in [0.15, 0.2) is 0 Å². The fourth-order valence-electron chi connectivity index (χ4n) is 4.75. The molecule has 1 unspecified atom stereocenters. The SMILES string of the molecule is COc1ccc(CCC2(C3CCCC3)CC(O)=C(Sc3ncccc3C#N)C(=O)O2)cc1Cl. The van der Waals surface area contributed by atoms with Gasteiger partial charge >= 0.3 is 5.97 Å². The topological polar surface area (TPSA) is 92.4 Å². The Hall–Kier alpha value is -2.69. The summed E-state index contributed by atoms with van der Waals surface area (Å²) < 4.78 is 11.4. The molecule has 2 heterocycles. The highest BCUT2D eigenvalue weighted by Crippen LogP contribution is 2.48. The van der Waals surface area contributed by atoms with Crippen LogP contribution in [-0.2, 0) is 16.0 Å². The average molecular weight is 485 g/mol. The van der Waals surface area contributed by atoms with Gasteiger partial charge in [0.2, 0.25) is 0 Å². The number of pyridine rings is 1. The van der Waals surface area contributed by atoms with Gasteiger partial charge in [-0.05, 0) is 61.4 Å². The molecule has 172 valence electrons. The summed E-state index contributed by atoms with van der Waals surface area (Å²) in [4.78, 5) is 17.4. The van der Waals surface area contributed by atoms with E-state index in [0.717, 1.165) is 43.0 Å². The Balaban J connectivity index is 1.59. The number of hydrogen-bond donors (Lipinski definition) is 1. The van der Waals surface area contributed by atoms with Gasteiger partial charge in [0.1, 0.15) is 33.1 Å². The van der Waals surface area contributed by atoms with Crippen molar-refractivity contribution in [2.75, 3.05) is 7.11 Å². The van der Waals surface area contributed by atoms with Crippen LogP contribution in [0.5, 0.6) is 5.75 Å². The molecular formula is C25H25ClN2O4S. The van der Waals surface area contributed by atoms with Crippen LogP contribution < -0.4 is 4.74 Å². The van der Waals surface area contributed by atoms with Crippen molar-refractivity contribution in [2.45, 2.75) is 55.6 Å². The first-order valence-electron chi connectivity index (χ1n) is 11.0. The number of aryl methyl sites for hydroxylation is 1. The molecule has 0 saturated heterocycles. The van der Waals surface area contributed by atoms with Crippen molar-refractivity contribution >= 4 is 29.3 Å². The number of aromatic nitrogens is 1. The summed E-state index contributed by atoms with van der Waals surface area (Å²) in [5.74, 6) is 0.250. The Kier molecular flexibility index (Phi) is 7.16. The van der Waals surface area contributed by atoms with Crippen molar-refractivity contribution in [1.29, 1.82) is 5.26 Å². The number of carbonyl (C=O) groups excluding carboxylic acids is 1.